The first kappa shape index (κ1) is 15.4. The first-order valence-corrected chi connectivity index (χ1v) is 7.00. The van der Waals surface area contributed by atoms with Gasteiger partial charge in [0.1, 0.15) is 5.70 Å². The van der Waals surface area contributed by atoms with Gasteiger partial charge in [-0.25, -0.2) is 4.79 Å². The van der Waals surface area contributed by atoms with Crippen molar-refractivity contribution in [1.82, 2.24) is 4.90 Å². The summed E-state index contributed by atoms with van der Waals surface area (Å²) in [5.41, 5.74) is 0.210. The second kappa shape index (κ2) is 6.22. The number of carboxylic acids is 1. The van der Waals surface area contributed by atoms with E-state index in [9.17, 15) is 14.4 Å². The number of benzene rings is 1. The Kier molecular flexibility index (Phi) is 4.58. The van der Waals surface area contributed by atoms with E-state index in [1.807, 2.05) is 22.6 Å². The average Bonchev–Trinajstić information content (AvgIpc) is 2.68. The number of halogens is 1. The lowest BCUT2D eigenvalue weighted by molar-refractivity contribution is -0.137. The van der Waals surface area contributed by atoms with Gasteiger partial charge < -0.3 is 15.5 Å². The third kappa shape index (κ3) is 3.22. The highest BCUT2D eigenvalue weighted by atomic mass is 127. The van der Waals surface area contributed by atoms with Crippen LogP contribution >= 0.6 is 22.6 Å². The predicted molar refractivity (Wildman–Crippen MR) is 81.6 cm³/mol. The third-order valence-corrected chi connectivity index (χ3v) is 3.49. The Morgan fingerprint density at radius 2 is 2.05 bits per heavy atom. The SMILES string of the molecule is O=C(O)c1cc(I)ccc1NC1=CC(=O)N(CCO)C1=O. The Morgan fingerprint density at radius 1 is 1.33 bits per heavy atom. The van der Waals surface area contributed by atoms with Crippen molar-refractivity contribution in [2.75, 3.05) is 18.5 Å². The molecule has 0 bridgehead atoms. The molecule has 0 radical (unpaired) electrons. The largest absolute Gasteiger partial charge is 0.478 e. The summed E-state index contributed by atoms with van der Waals surface area (Å²) in [5.74, 6) is -2.27. The van der Waals surface area contributed by atoms with Gasteiger partial charge in [-0.05, 0) is 40.8 Å². The Balaban J connectivity index is 2.28. The summed E-state index contributed by atoms with van der Waals surface area (Å²) in [5, 5.41) is 20.6. The fraction of sp³-hybridized carbons (Fsp3) is 0.154. The summed E-state index contributed by atoms with van der Waals surface area (Å²) in [6, 6.07) is 4.67. The van der Waals surface area contributed by atoms with E-state index in [0.717, 1.165) is 14.5 Å². The van der Waals surface area contributed by atoms with Gasteiger partial charge in [0.05, 0.1) is 24.4 Å². The van der Waals surface area contributed by atoms with Crippen LogP contribution in [0.5, 0.6) is 0 Å². The van der Waals surface area contributed by atoms with Crippen LogP contribution in [-0.4, -0.2) is 46.0 Å². The smallest absolute Gasteiger partial charge is 0.337 e. The molecule has 2 rings (SSSR count). The highest BCUT2D eigenvalue weighted by Crippen LogP contribution is 2.23. The number of carboxylic acid groups (broad SMARTS) is 1. The summed E-state index contributed by atoms with van der Waals surface area (Å²) in [6.07, 6.45) is 1.08. The zero-order chi connectivity index (χ0) is 15.6. The molecule has 0 atom stereocenters. The molecular weight excluding hydrogens is 391 g/mol. The number of hydrogen-bond acceptors (Lipinski definition) is 5. The number of hydrogen-bond donors (Lipinski definition) is 3. The van der Waals surface area contributed by atoms with Crippen molar-refractivity contribution in [3.8, 4) is 0 Å². The summed E-state index contributed by atoms with van der Waals surface area (Å²) >= 11 is 1.98. The molecule has 21 heavy (non-hydrogen) atoms. The van der Waals surface area contributed by atoms with Crippen LogP contribution in [0.4, 0.5) is 5.69 Å². The third-order valence-electron chi connectivity index (χ3n) is 2.81. The van der Waals surface area contributed by atoms with E-state index < -0.39 is 17.8 Å². The summed E-state index contributed by atoms with van der Waals surface area (Å²) in [4.78, 5) is 35.7. The zero-order valence-electron chi connectivity index (χ0n) is 10.7. The van der Waals surface area contributed by atoms with Crippen molar-refractivity contribution in [1.29, 1.82) is 0 Å². The van der Waals surface area contributed by atoms with E-state index in [2.05, 4.69) is 5.32 Å². The molecule has 0 fully saturated rings. The van der Waals surface area contributed by atoms with Crippen LogP contribution in [0, 0.1) is 3.57 Å². The van der Waals surface area contributed by atoms with Gasteiger partial charge in [-0.15, -0.1) is 0 Å². The van der Waals surface area contributed by atoms with Crippen molar-refractivity contribution in [3.63, 3.8) is 0 Å². The molecule has 3 N–H and O–H groups in total. The molecule has 0 aromatic heterocycles. The molecule has 7 nitrogen and oxygen atoms in total. The Labute approximate surface area is 133 Å². The van der Waals surface area contributed by atoms with E-state index in [1.54, 1.807) is 6.07 Å². The second-order valence-corrected chi connectivity index (χ2v) is 5.44. The monoisotopic (exact) mass is 402 g/mol. The summed E-state index contributed by atoms with van der Waals surface area (Å²) in [6.45, 7) is -0.430. The molecule has 1 heterocycles. The molecule has 1 aromatic carbocycles. The molecule has 0 aliphatic carbocycles. The number of aliphatic hydroxyl groups is 1. The van der Waals surface area contributed by atoms with E-state index in [4.69, 9.17) is 10.2 Å². The van der Waals surface area contributed by atoms with Gasteiger partial charge in [0.15, 0.2) is 0 Å². The minimum absolute atomic E-state index is 0.00339. The number of nitrogens with one attached hydrogen (secondary N) is 1. The lowest BCUT2D eigenvalue weighted by Gasteiger charge is -2.14. The lowest BCUT2D eigenvalue weighted by atomic mass is 10.1. The number of nitrogens with zero attached hydrogens (tertiary/aromatic N) is 1. The van der Waals surface area contributed by atoms with Gasteiger partial charge in [-0.1, -0.05) is 0 Å². The van der Waals surface area contributed by atoms with Gasteiger partial charge in [-0.2, -0.15) is 0 Å². The van der Waals surface area contributed by atoms with Gasteiger partial charge in [-0.3, -0.25) is 14.5 Å². The molecule has 0 spiro atoms. The van der Waals surface area contributed by atoms with E-state index in [0.29, 0.717) is 0 Å². The first-order valence-electron chi connectivity index (χ1n) is 5.92. The minimum Gasteiger partial charge on any atom is -0.478 e. The number of aliphatic hydroxyl groups excluding tert-OH is 1. The van der Waals surface area contributed by atoms with Crippen molar-refractivity contribution in [3.05, 3.63) is 39.1 Å². The first-order chi connectivity index (χ1) is 9.93. The minimum atomic E-state index is -1.14. The van der Waals surface area contributed by atoms with E-state index in [1.165, 1.54) is 12.1 Å². The van der Waals surface area contributed by atoms with Crippen molar-refractivity contribution in [2.45, 2.75) is 0 Å². The number of amides is 2. The molecule has 8 heteroatoms. The van der Waals surface area contributed by atoms with Crippen LogP contribution in [0.1, 0.15) is 10.4 Å². The maximum Gasteiger partial charge on any atom is 0.337 e. The average molecular weight is 402 g/mol. The summed E-state index contributed by atoms with van der Waals surface area (Å²) < 4.78 is 0.736. The number of carbonyl (C=O) groups is 3. The summed E-state index contributed by atoms with van der Waals surface area (Å²) in [7, 11) is 0. The maximum atomic E-state index is 12.0. The fourth-order valence-electron chi connectivity index (χ4n) is 1.86. The molecule has 1 aromatic rings. The number of imide groups is 1. The number of carbonyl (C=O) groups excluding carboxylic acids is 2. The Bertz CT molecular complexity index is 656. The van der Waals surface area contributed by atoms with E-state index in [-0.39, 0.29) is 30.1 Å². The molecule has 2 amide bonds. The molecular formula is C13H11IN2O5. The molecule has 110 valence electrons. The maximum absolute atomic E-state index is 12.0. The van der Waals surface area contributed by atoms with Gasteiger partial charge in [0, 0.05) is 9.65 Å². The van der Waals surface area contributed by atoms with Crippen molar-refractivity contribution in [2.24, 2.45) is 0 Å². The highest BCUT2D eigenvalue weighted by Gasteiger charge is 2.31. The van der Waals surface area contributed by atoms with Gasteiger partial charge >= 0.3 is 5.97 Å². The van der Waals surface area contributed by atoms with Crippen LogP contribution in [0.3, 0.4) is 0 Å². The van der Waals surface area contributed by atoms with Crippen LogP contribution in [0.25, 0.3) is 0 Å². The quantitative estimate of drug-likeness (QED) is 0.493. The Morgan fingerprint density at radius 3 is 2.67 bits per heavy atom. The zero-order valence-corrected chi connectivity index (χ0v) is 12.8. The van der Waals surface area contributed by atoms with Crippen LogP contribution in [0.2, 0.25) is 0 Å². The normalized spacial score (nSPS) is 14.4. The number of anilines is 1. The topological polar surface area (TPSA) is 107 Å². The molecule has 1 aliphatic rings. The highest BCUT2D eigenvalue weighted by molar-refractivity contribution is 14.1. The molecule has 1 aliphatic heterocycles. The van der Waals surface area contributed by atoms with E-state index >= 15 is 0 Å². The van der Waals surface area contributed by atoms with Gasteiger partial charge in [0.2, 0.25) is 0 Å². The second-order valence-electron chi connectivity index (χ2n) is 4.20. The molecule has 0 saturated carbocycles. The number of rotatable bonds is 5. The van der Waals surface area contributed by atoms with Crippen LogP contribution in [-0.2, 0) is 9.59 Å². The molecule has 0 unspecified atom stereocenters. The number of aromatic carboxylic acids is 1. The lowest BCUT2D eigenvalue weighted by Crippen LogP contribution is -2.34. The van der Waals surface area contributed by atoms with Gasteiger partial charge in [0.25, 0.3) is 11.8 Å². The number of β-amino-alcohol motifs (C(OH)–C–C–N with tert-alkyl or cyclic N) is 1. The van der Waals surface area contributed by atoms with Crippen LogP contribution < -0.4 is 5.32 Å². The predicted octanol–water partition coefficient (Wildman–Crippen LogP) is 0.646. The van der Waals surface area contributed by atoms with Crippen molar-refractivity contribution >= 4 is 46.1 Å². The molecule has 0 saturated heterocycles. The van der Waals surface area contributed by atoms with Crippen LogP contribution in [0.15, 0.2) is 30.0 Å². The standard InChI is InChI=1S/C13H11IN2O5/c14-7-1-2-9(8(5-7)13(20)21)15-10-6-11(18)16(3-4-17)12(10)19/h1-2,5-6,15,17H,3-4H2,(H,20,21). The fourth-order valence-corrected chi connectivity index (χ4v) is 2.35. The van der Waals surface area contributed by atoms with Crippen molar-refractivity contribution < 1.29 is 24.6 Å². The Hall–Kier alpha value is -1.94.